The predicted octanol–water partition coefficient (Wildman–Crippen LogP) is 0.268. The molecule has 0 atom stereocenters. The largest absolute Gasteiger partial charge is 0.375 e. The topological polar surface area (TPSA) is 103 Å². The maximum atomic E-state index is 12.4. The molecule has 0 radical (unpaired) electrons. The molecule has 1 amide bonds. The molecular weight excluding hydrogens is 320 g/mol. The van der Waals surface area contributed by atoms with Crippen molar-refractivity contribution in [1.82, 2.24) is 24.3 Å². The summed E-state index contributed by atoms with van der Waals surface area (Å²) < 4.78 is 7.34. The van der Waals surface area contributed by atoms with Gasteiger partial charge < -0.3 is 4.74 Å². The van der Waals surface area contributed by atoms with Crippen molar-refractivity contribution >= 4 is 34.3 Å². The molecule has 0 aliphatic rings. The Morgan fingerprint density at radius 1 is 1.48 bits per heavy atom. The molecule has 3 aromatic rings. The molecule has 0 spiro atoms. The normalized spacial score (nSPS) is 11.2. The minimum atomic E-state index is -0.426. The summed E-state index contributed by atoms with van der Waals surface area (Å²) in [5, 5.41) is 5.27. The van der Waals surface area contributed by atoms with Crippen LogP contribution in [0, 0.1) is 0 Å². The van der Waals surface area contributed by atoms with Gasteiger partial charge in [0.15, 0.2) is 0 Å². The molecule has 0 saturated heterocycles. The number of fused-ring (bicyclic) bond motifs is 3. The summed E-state index contributed by atoms with van der Waals surface area (Å²) in [7, 11) is 1.40. The van der Waals surface area contributed by atoms with E-state index in [0.717, 1.165) is 10.4 Å². The fourth-order valence-corrected chi connectivity index (χ4v) is 2.62. The fraction of sp³-hybridized carbons (Fsp3) is 0.308. The van der Waals surface area contributed by atoms with Gasteiger partial charge in [0, 0.05) is 19.5 Å². The van der Waals surface area contributed by atoms with E-state index in [2.05, 4.69) is 20.5 Å². The minimum Gasteiger partial charge on any atom is -0.375 e. The average Bonchev–Trinajstić information content (AvgIpc) is 2.93. The van der Waals surface area contributed by atoms with Crippen LogP contribution in [0.1, 0.15) is 6.92 Å². The summed E-state index contributed by atoms with van der Waals surface area (Å²) in [4.78, 5) is 32.4. The smallest absolute Gasteiger partial charge is 0.280 e. The van der Waals surface area contributed by atoms with E-state index in [4.69, 9.17) is 4.74 Å². The Hall–Kier alpha value is -2.46. The molecule has 0 unspecified atom stereocenters. The highest BCUT2D eigenvalue weighted by molar-refractivity contribution is 7.99. The second-order valence-corrected chi connectivity index (χ2v) is 5.79. The highest BCUT2D eigenvalue weighted by Crippen LogP contribution is 2.16. The van der Waals surface area contributed by atoms with Crippen LogP contribution in [0.25, 0.3) is 16.7 Å². The van der Waals surface area contributed by atoms with E-state index < -0.39 is 11.5 Å². The van der Waals surface area contributed by atoms with E-state index in [1.807, 2.05) is 6.92 Å². The van der Waals surface area contributed by atoms with Crippen LogP contribution in [0.3, 0.4) is 0 Å². The van der Waals surface area contributed by atoms with E-state index in [0.29, 0.717) is 21.8 Å². The van der Waals surface area contributed by atoms with Gasteiger partial charge in [-0.25, -0.2) is 9.66 Å². The minimum absolute atomic E-state index is 0.136. The number of carbonyl (C=O) groups excluding carboxylic acids is 1. The Labute approximate surface area is 134 Å². The quantitative estimate of drug-likeness (QED) is 0.668. The predicted molar refractivity (Wildman–Crippen MR) is 85.2 cm³/mol. The van der Waals surface area contributed by atoms with Crippen molar-refractivity contribution < 1.29 is 9.53 Å². The lowest BCUT2D eigenvalue weighted by Gasteiger charge is -2.08. The number of ether oxygens (including phenoxy) is 1. The molecule has 0 bridgehead atoms. The van der Waals surface area contributed by atoms with Gasteiger partial charge in [0.05, 0.1) is 10.9 Å². The molecular formula is C13H14N6O3S. The highest BCUT2D eigenvalue weighted by Gasteiger charge is 2.12. The fourth-order valence-electron chi connectivity index (χ4n) is 2.08. The third kappa shape index (κ3) is 2.90. The Bertz CT molecular complexity index is 934. The number of carbonyl (C=O) groups is 1. The highest BCUT2D eigenvalue weighted by atomic mass is 32.2. The molecule has 23 heavy (non-hydrogen) atoms. The monoisotopic (exact) mass is 334 g/mol. The zero-order chi connectivity index (χ0) is 16.4. The molecule has 0 aliphatic heterocycles. The van der Waals surface area contributed by atoms with Crippen LogP contribution in [-0.2, 0) is 9.53 Å². The van der Waals surface area contributed by atoms with Gasteiger partial charge in [-0.15, -0.1) is 5.10 Å². The van der Waals surface area contributed by atoms with Crippen LogP contribution in [0.15, 0.2) is 28.4 Å². The van der Waals surface area contributed by atoms with Gasteiger partial charge in [0.25, 0.3) is 17.2 Å². The van der Waals surface area contributed by atoms with Crippen molar-refractivity contribution in [3.63, 3.8) is 0 Å². The Balaban J connectivity index is 2.09. The standard InChI is InChI=1S/C13H14N6O3S/c1-3-23-13-15-12-14-6-8-9(19(12)17-13)4-5-18(11(8)21)16-10(20)7-22-2/h4-6H,3,7H2,1-2H3,(H,16,20). The van der Waals surface area contributed by atoms with E-state index in [1.54, 1.807) is 6.07 Å². The molecule has 0 aliphatic carbocycles. The van der Waals surface area contributed by atoms with Crippen molar-refractivity contribution in [2.24, 2.45) is 0 Å². The second-order valence-electron chi connectivity index (χ2n) is 4.56. The molecule has 10 heteroatoms. The number of amides is 1. The van der Waals surface area contributed by atoms with E-state index in [9.17, 15) is 9.59 Å². The van der Waals surface area contributed by atoms with Crippen molar-refractivity contribution in [2.45, 2.75) is 12.1 Å². The first-order chi connectivity index (χ1) is 11.1. The Morgan fingerprint density at radius 3 is 3.04 bits per heavy atom. The molecule has 0 aromatic carbocycles. The summed E-state index contributed by atoms with van der Waals surface area (Å²) in [6, 6.07) is 1.67. The number of pyridine rings is 1. The summed E-state index contributed by atoms with van der Waals surface area (Å²) in [5.41, 5.74) is 2.62. The molecule has 3 aromatic heterocycles. The first-order valence-electron chi connectivity index (χ1n) is 6.82. The second kappa shape index (κ2) is 6.34. The number of hydrogen-bond donors (Lipinski definition) is 1. The SMILES string of the molecule is CCSc1nc2ncc3c(=O)n(NC(=O)COC)ccc3n2n1. The third-order valence-electron chi connectivity index (χ3n) is 3.01. The van der Waals surface area contributed by atoms with Gasteiger partial charge in [-0.1, -0.05) is 18.7 Å². The van der Waals surface area contributed by atoms with Gasteiger partial charge in [0.2, 0.25) is 5.16 Å². The van der Waals surface area contributed by atoms with Gasteiger partial charge in [-0.2, -0.15) is 9.50 Å². The number of aromatic nitrogens is 5. The maximum absolute atomic E-state index is 12.4. The number of methoxy groups -OCH3 is 1. The maximum Gasteiger partial charge on any atom is 0.280 e. The van der Waals surface area contributed by atoms with Crippen LogP contribution < -0.4 is 11.0 Å². The van der Waals surface area contributed by atoms with E-state index >= 15 is 0 Å². The van der Waals surface area contributed by atoms with Gasteiger partial charge in [-0.3, -0.25) is 15.0 Å². The van der Waals surface area contributed by atoms with Gasteiger partial charge >= 0.3 is 0 Å². The summed E-state index contributed by atoms with van der Waals surface area (Å²) in [6.45, 7) is 1.87. The zero-order valence-corrected chi connectivity index (χ0v) is 13.3. The summed E-state index contributed by atoms with van der Waals surface area (Å²) in [5.74, 6) is 0.840. The van der Waals surface area contributed by atoms with Crippen LogP contribution in [0.2, 0.25) is 0 Å². The molecule has 0 saturated carbocycles. The van der Waals surface area contributed by atoms with Crippen molar-refractivity contribution in [2.75, 3.05) is 24.9 Å². The Morgan fingerprint density at radius 2 is 2.30 bits per heavy atom. The van der Waals surface area contributed by atoms with Crippen LogP contribution in [0.4, 0.5) is 0 Å². The average molecular weight is 334 g/mol. The first-order valence-corrected chi connectivity index (χ1v) is 7.81. The molecule has 120 valence electrons. The summed E-state index contributed by atoms with van der Waals surface area (Å²) >= 11 is 1.49. The number of hydrogen-bond acceptors (Lipinski definition) is 7. The van der Waals surface area contributed by atoms with E-state index in [1.165, 1.54) is 35.8 Å². The van der Waals surface area contributed by atoms with Gasteiger partial charge in [0.1, 0.15) is 6.61 Å². The zero-order valence-electron chi connectivity index (χ0n) is 12.5. The third-order valence-corrected chi connectivity index (χ3v) is 3.73. The first kappa shape index (κ1) is 15.4. The molecule has 0 fully saturated rings. The Kier molecular flexibility index (Phi) is 4.26. The van der Waals surface area contributed by atoms with Gasteiger partial charge in [-0.05, 0) is 11.8 Å². The lowest BCUT2D eigenvalue weighted by Crippen LogP contribution is -2.34. The number of nitrogens with one attached hydrogen (secondary N) is 1. The van der Waals surface area contributed by atoms with Crippen molar-refractivity contribution in [3.05, 3.63) is 28.8 Å². The van der Waals surface area contributed by atoms with Crippen LogP contribution >= 0.6 is 11.8 Å². The van der Waals surface area contributed by atoms with Crippen LogP contribution in [0.5, 0.6) is 0 Å². The van der Waals surface area contributed by atoms with E-state index in [-0.39, 0.29) is 6.61 Å². The van der Waals surface area contributed by atoms with Crippen molar-refractivity contribution in [1.29, 1.82) is 0 Å². The summed E-state index contributed by atoms with van der Waals surface area (Å²) in [6.07, 6.45) is 2.90. The number of nitrogens with zero attached hydrogens (tertiary/aromatic N) is 5. The molecule has 3 heterocycles. The molecule has 9 nitrogen and oxygen atoms in total. The number of rotatable bonds is 5. The van der Waals surface area contributed by atoms with Crippen molar-refractivity contribution in [3.8, 4) is 0 Å². The lowest BCUT2D eigenvalue weighted by molar-refractivity contribution is -0.120. The molecule has 3 rings (SSSR count). The molecule has 1 N–H and O–H groups in total. The number of thioether (sulfide) groups is 1. The lowest BCUT2D eigenvalue weighted by atomic mass is 10.3. The van der Waals surface area contributed by atoms with Crippen LogP contribution in [-0.4, -0.2) is 49.6 Å².